The molecule has 10 aromatic rings. The van der Waals surface area contributed by atoms with Gasteiger partial charge < -0.3 is 9.32 Å². The van der Waals surface area contributed by atoms with Gasteiger partial charge in [0.25, 0.3) is 0 Å². The van der Waals surface area contributed by atoms with Crippen molar-refractivity contribution in [1.29, 1.82) is 0 Å². The zero-order chi connectivity index (χ0) is 39.5. The Morgan fingerprint density at radius 1 is 0.441 bits per heavy atom. The number of hydrogen-bond acceptors (Lipinski definition) is 2. The van der Waals surface area contributed by atoms with Crippen molar-refractivity contribution in [2.24, 2.45) is 0 Å². The number of allylic oxidation sites excluding steroid dienone is 5. The number of rotatable bonds is 10. The van der Waals surface area contributed by atoms with Crippen LogP contribution in [0.2, 0.25) is 0 Å². The van der Waals surface area contributed by atoms with Crippen molar-refractivity contribution >= 4 is 60.5 Å². The number of nitrogens with zero attached hydrogens (tertiary/aromatic N) is 1. The first-order valence-corrected chi connectivity index (χ1v) is 20.2. The molecule has 59 heavy (non-hydrogen) atoms. The number of fused-ring (bicyclic) bond motifs is 6. The smallest absolute Gasteiger partial charge is 0.136 e. The SMILES string of the molecule is C=C/C=C\C=C/Cc1cc(-c2ccc3c(ccc4oc5ccccc5c43)c2)ccc1N(c1ccc(-c2cccc3ccccc23)cc1)c1ccccc1-c1ccccc1. The maximum atomic E-state index is 6.22. The maximum absolute atomic E-state index is 6.22. The van der Waals surface area contributed by atoms with Crippen molar-refractivity contribution in [2.45, 2.75) is 6.42 Å². The van der Waals surface area contributed by atoms with Gasteiger partial charge in [0.15, 0.2) is 0 Å². The van der Waals surface area contributed by atoms with E-state index in [4.69, 9.17) is 4.42 Å². The van der Waals surface area contributed by atoms with E-state index in [-0.39, 0.29) is 0 Å². The summed E-state index contributed by atoms with van der Waals surface area (Å²) >= 11 is 0. The summed E-state index contributed by atoms with van der Waals surface area (Å²) in [7, 11) is 0. The van der Waals surface area contributed by atoms with Gasteiger partial charge in [-0.3, -0.25) is 0 Å². The van der Waals surface area contributed by atoms with E-state index in [1.165, 1.54) is 60.5 Å². The molecule has 0 N–H and O–H groups in total. The van der Waals surface area contributed by atoms with Crippen LogP contribution in [0.3, 0.4) is 0 Å². The van der Waals surface area contributed by atoms with Crippen LogP contribution in [0.15, 0.2) is 235 Å². The standard InChI is InChI=1S/C57H41NO/c1-2-3-4-5-7-20-46-39-44(43-30-35-51-45(38-43)32-37-56-57(51)52-24-13-15-27-55(52)59-56)31-36-53(46)58(54-26-14-12-23-50(54)41-17-8-6-9-18-41)47-33-28-42(29-34-47)49-25-16-21-40-19-10-11-22-48(40)49/h2-19,21-39H,1,20H2/b4-3-,7-5-. The predicted octanol–water partition coefficient (Wildman–Crippen LogP) is 16.2. The molecule has 0 unspecified atom stereocenters. The van der Waals surface area contributed by atoms with Gasteiger partial charge in [-0.15, -0.1) is 0 Å². The van der Waals surface area contributed by atoms with E-state index >= 15 is 0 Å². The van der Waals surface area contributed by atoms with Gasteiger partial charge in [0.1, 0.15) is 11.2 Å². The van der Waals surface area contributed by atoms with Gasteiger partial charge in [0, 0.05) is 27.7 Å². The van der Waals surface area contributed by atoms with Crippen LogP contribution in [0.1, 0.15) is 5.56 Å². The summed E-state index contributed by atoms with van der Waals surface area (Å²) in [6.45, 7) is 3.86. The molecule has 280 valence electrons. The van der Waals surface area contributed by atoms with E-state index < -0.39 is 0 Å². The van der Waals surface area contributed by atoms with Gasteiger partial charge in [-0.05, 0) is 110 Å². The third-order valence-corrected chi connectivity index (χ3v) is 11.3. The minimum atomic E-state index is 0.734. The van der Waals surface area contributed by atoms with Gasteiger partial charge in [0.05, 0.1) is 5.69 Å². The minimum absolute atomic E-state index is 0.734. The quantitative estimate of drug-likeness (QED) is 0.129. The summed E-state index contributed by atoms with van der Waals surface area (Å²) in [5, 5.41) is 7.18. The highest BCUT2D eigenvalue weighted by Crippen LogP contribution is 2.44. The second-order valence-electron chi connectivity index (χ2n) is 14.9. The van der Waals surface area contributed by atoms with Crippen molar-refractivity contribution in [1.82, 2.24) is 0 Å². The molecule has 0 saturated heterocycles. The van der Waals surface area contributed by atoms with E-state index in [1.807, 2.05) is 24.3 Å². The molecule has 0 amide bonds. The molecule has 0 atom stereocenters. The van der Waals surface area contributed by atoms with Crippen molar-refractivity contribution in [3.05, 3.63) is 237 Å². The third kappa shape index (κ3) is 6.81. The van der Waals surface area contributed by atoms with Crippen LogP contribution >= 0.6 is 0 Å². The van der Waals surface area contributed by atoms with Crippen LogP contribution in [0, 0.1) is 0 Å². The minimum Gasteiger partial charge on any atom is -0.456 e. The molecule has 0 aliphatic rings. The van der Waals surface area contributed by atoms with Gasteiger partial charge in [-0.1, -0.05) is 183 Å². The van der Waals surface area contributed by atoms with Gasteiger partial charge in [-0.25, -0.2) is 0 Å². The molecule has 1 aromatic heterocycles. The summed E-state index contributed by atoms with van der Waals surface area (Å²) in [5.74, 6) is 0. The molecule has 0 bridgehead atoms. The molecule has 0 fully saturated rings. The Bertz CT molecular complexity index is 3200. The zero-order valence-corrected chi connectivity index (χ0v) is 32.6. The summed E-state index contributed by atoms with van der Waals surface area (Å²) in [5.41, 5.74) is 13.5. The summed E-state index contributed by atoms with van der Waals surface area (Å²) in [6, 6.07) is 70.0. The molecule has 9 aromatic carbocycles. The molecule has 0 radical (unpaired) electrons. The predicted molar refractivity (Wildman–Crippen MR) is 252 cm³/mol. The van der Waals surface area contributed by atoms with Crippen LogP contribution in [-0.2, 0) is 6.42 Å². The lowest BCUT2D eigenvalue weighted by atomic mass is 9.95. The molecule has 10 rings (SSSR count). The Hall–Kier alpha value is -7.68. The first kappa shape index (κ1) is 35.7. The average molecular weight is 756 g/mol. The highest BCUT2D eigenvalue weighted by molar-refractivity contribution is 6.19. The van der Waals surface area contributed by atoms with Gasteiger partial charge in [-0.2, -0.15) is 0 Å². The number of anilines is 3. The van der Waals surface area contributed by atoms with Crippen LogP contribution < -0.4 is 4.90 Å². The number of para-hydroxylation sites is 2. The van der Waals surface area contributed by atoms with E-state index in [2.05, 4.69) is 206 Å². The first-order valence-electron chi connectivity index (χ1n) is 20.2. The second-order valence-corrected chi connectivity index (χ2v) is 14.9. The zero-order valence-electron chi connectivity index (χ0n) is 32.6. The molecular weight excluding hydrogens is 715 g/mol. The molecule has 2 heteroatoms. The topological polar surface area (TPSA) is 16.4 Å². The normalized spacial score (nSPS) is 11.7. The van der Waals surface area contributed by atoms with Crippen LogP contribution in [0.25, 0.3) is 76.9 Å². The molecule has 0 saturated carbocycles. The van der Waals surface area contributed by atoms with Crippen LogP contribution in [0.4, 0.5) is 17.1 Å². The fraction of sp³-hybridized carbons (Fsp3) is 0.0175. The Kier molecular flexibility index (Phi) is 9.50. The van der Waals surface area contributed by atoms with Crippen molar-refractivity contribution in [2.75, 3.05) is 4.90 Å². The van der Waals surface area contributed by atoms with E-state index in [1.54, 1.807) is 6.08 Å². The highest BCUT2D eigenvalue weighted by atomic mass is 16.3. The van der Waals surface area contributed by atoms with Crippen molar-refractivity contribution < 1.29 is 4.42 Å². The van der Waals surface area contributed by atoms with Gasteiger partial charge >= 0.3 is 0 Å². The highest BCUT2D eigenvalue weighted by Gasteiger charge is 2.21. The number of benzene rings is 9. The molecule has 0 aliphatic carbocycles. The Balaban J connectivity index is 1.13. The van der Waals surface area contributed by atoms with Crippen molar-refractivity contribution in [3.63, 3.8) is 0 Å². The summed E-state index contributed by atoms with van der Waals surface area (Å²) in [4.78, 5) is 2.43. The molecule has 2 nitrogen and oxygen atoms in total. The lowest BCUT2D eigenvalue weighted by molar-refractivity contribution is 0.669. The molecule has 0 aliphatic heterocycles. The number of hydrogen-bond donors (Lipinski definition) is 0. The maximum Gasteiger partial charge on any atom is 0.136 e. The molecule has 1 heterocycles. The summed E-state index contributed by atoms with van der Waals surface area (Å²) < 4.78 is 6.22. The first-order chi connectivity index (χ1) is 29.2. The van der Waals surface area contributed by atoms with Crippen LogP contribution in [0.5, 0.6) is 0 Å². The second kappa shape index (κ2) is 15.7. The van der Waals surface area contributed by atoms with Crippen LogP contribution in [-0.4, -0.2) is 0 Å². The van der Waals surface area contributed by atoms with E-state index in [0.29, 0.717) is 0 Å². The summed E-state index contributed by atoms with van der Waals surface area (Å²) in [6.07, 6.45) is 10.9. The monoisotopic (exact) mass is 755 g/mol. The number of furan rings is 1. The fourth-order valence-electron chi connectivity index (χ4n) is 8.50. The molecular formula is C57H41NO. The largest absolute Gasteiger partial charge is 0.456 e. The third-order valence-electron chi connectivity index (χ3n) is 11.3. The Morgan fingerprint density at radius 2 is 1.14 bits per heavy atom. The van der Waals surface area contributed by atoms with Gasteiger partial charge in [0.2, 0.25) is 0 Å². The van der Waals surface area contributed by atoms with E-state index in [0.717, 1.165) is 45.4 Å². The van der Waals surface area contributed by atoms with Crippen molar-refractivity contribution in [3.8, 4) is 33.4 Å². The fourth-order valence-corrected chi connectivity index (χ4v) is 8.50. The lowest BCUT2D eigenvalue weighted by Crippen LogP contribution is -2.13. The molecule has 0 spiro atoms. The average Bonchev–Trinajstić information content (AvgIpc) is 3.69. The lowest BCUT2D eigenvalue weighted by Gasteiger charge is -2.30. The Morgan fingerprint density at radius 3 is 2.02 bits per heavy atom. The van der Waals surface area contributed by atoms with E-state index in [9.17, 15) is 0 Å². The Labute approximate surface area is 344 Å².